The molecule has 0 bridgehead atoms. The zero-order chi connectivity index (χ0) is 16.8. The van der Waals surface area contributed by atoms with Gasteiger partial charge in [0, 0.05) is 12.8 Å². The smallest absolute Gasteiger partial charge is 0.220 e. The molecule has 5 heteroatoms. The van der Waals surface area contributed by atoms with Crippen molar-refractivity contribution in [3.8, 4) is 11.3 Å². The maximum Gasteiger partial charge on any atom is 0.220 e. The number of halogens is 1. The third-order valence-electron chi connectivity index (χ3n) is 3.95. The molecule has 2 aromatic rings. The number of carbonyl (C=O) groups is 1. The van der Waals surface area contributed by atoms with Gasteiger partial charge in [0.2, 0.25) is 5.91 Å². The van der Waals surface area contributed by atoms with Crippen LogP contribution in [0.25, 0.3) is 11.3 Å². The standard InChI is InChI=1S/C19H20FNO3/c20-17-7-2-1-6-16(17)18-10-8-14(24-18)9-11-19(22)21-13-15-5-3-4-12-23-15/h1-2,4,6-8,10,12,15H,3,5,9,11,13H2,(H,21,22)/t15-/m1/s1. The van der Waals surface area contributed by atoms with Gasteiger partial charge in [0.05, 0.1) is 18.4 Å². The average molecular weight is 329 g/mol. The van der Waals surface area contributed by atoms with Gasteiger partial charge >= 0.3 is 0 Å². The van der Waals surface area contributed by atoms with Crippen molar-refractivity contribution in [3.63, 3.8) is 0 Å². The van der Waals surface area contributed by atoms with E-state index in [1.807, 2.05) is 6.08 Å². The molecule has 0 saturated heterocycles. The van der Waals surface area contributed by atoms with E-state index in [1.165, 1.54) is 6.07 Å². The Balaban J connectivity index is 1.47. The molecule has 1 aromatic carbocycles. The van der Waals surface area contributed by atoms with Crippen LogP contribution < -0.4 is 5.32 Å². The molecular weight excluding hydrogens is 309 g/mol. The number of hydrogen-bond donors (Lipinski definition) is 1. The molecule has 1 aliphatic rings. The van der Waals surface area contributed by atoms with Gasteiger partial charge in [-0.25, -0.2) is 4.39 Å². The van der Waals surface area contributed by atoms with E-state index in [2.05, 4.69) is 5.32 Å². The lowest BCUT2D eigenvalue weighted by atomic mass is 10.1. The fraction of sp³-hybridized carbons (Fsp3) is 0.316. The highest BCUT2D eigenvalue weighted by Crippen LogP contribution is 2.25. The first-order valence-electron chi connectivity index (χ1n) is 8.13. The zero-order valence-corrected chi connectivity index (χ0v) is 13.3. The van der Waals surface area contributed by atoms with E-state index >= 15 is 0 Å². The van der Waals surface area contributed by atoms with E-state index in [0.29, 0.717) is 36.5 Å². The lowest BCUT2D eigenvalue weighted by molar-refractivity contribution is -0.121. The number of benzene rings is 1. The number of carbonyl (C=O) groups excluding carboxylic acids is 1. The fourth-order valence-corrected chi connectivity index (χ4v) is 2.61. The summed E-state index contributed by atoms with van der Waals surface area (Å²) in [4.78, 5) is 11.9. The summed E-state index contributed by atoms with van der Waals surface area (Å²) >= 11 is 0. The van der Waals surface area contributed by atoms with Crippen molar-refractivity contribution in [2.75, 3.05) is 6.54 Å². The number of rotatable bonds is 6. The van der Waals surface area contributed by atoms with Crippen LogP contribution in [-0.2, 0) is 16.0 Å². The average Bonchev–Trinajstić information content (AvgIpc) is 3.08. The predicted octanol–water partition coefficient (Wildman–Crippen LogP) is 3.83. The highest BCUT2D eigenvalue weighted by molar-refractivity contribution is 5.76. The van der Waals surface area contributed by atoms with Gasteiger partial charge in [0.25, 0.3) is 0 Å². The second kappa shape index (κ2) is 7.81. The molecule has 1 N–H and O–H groups in total. The van der Waals surface area contributed by atoms with Crippen LogP contribution >= 0.6 is 0 Å². The molecule has 126 valence electrons. The van der Waals surface area contributed by atoms with Crippen molar-refractivity contribution in [1.82, 2.24) is 5.32 Å². The van der Waals surface area contributed by atoms with Crippen LogP contribution in [0.15, 0.2) is 53.2 Å². The molecule has 2 heterocycles. The molecule has 0 fully saturated rings. The molecule has 0 unspecified atom stereocenters. The van der Waals surface area contributed by atoms with Crippen molar-refractivity contribution in [2.45, 2.75) is 31.8 Å². The number of amides is 1. The van der Waals surface area contributed by atoms with Crippen molar-refractivity contribution < 1.29 is 18.3 Å². The summed E-state index contributed by atoms with van der Waals surface area (Å²) in [5.74, 6) is 0.779. The van der Waals surface area contributed by atoms with Gasteiger partial charge in [0.1, 0.15) is 23.4 Å². The molecule has 3 rings (SSSR count). The van der Waals surface area contributed by atoms with Crippen LogP contribution in [0.5, 0.6) is 0 Å². The molecule has 0 spiro atoms. The van der Waals surface area contributed by atoms with Gasteiger partial charge in [0.15, 0.2) is 0 Å². The van der Waals surface area contributed by atoms with Gasteiger partial charge in [-0.15, -0.1) is 0 Å². The Kier molecular flexibility index (Phi) is 5.31. The maximum absolute atomic E-state index is 13.7. The maximum atomic E-state index is 13.7. The zero-order valence-electron chi connectivity index (χ0n) is 13.3. The van der Waals surface area contributed by atoms with Crippen LogP contribution in [-0.4, -0.2) is 18.6 Å². The summed E-state index contributed by atoms with van der Waals surface area (Å²) in [6.45, 7) is 0.516. The van der Waals surface area contributed by atoms with Crippen molar-refractivity contribution in [2.24, 2.45) is 0 Å². The summed E-state index contributed by atoms with van der Waals surface area (Å²) in [5.41, 5.74) is 0.427. The number of aryl methyl sites for hydroxylation is 1. The normalized spacial score (nSPS) is 16.6. The second-order valence-corrected chi connectivity index (χ2v) is 5.76. The minimum Gasteiger partial charge on any atom is -0.497 e. The van der Waals surface area contributed by atoms with Crippen LogP contribution in [0.2, 0.25) is 0 Å². The molecule has 1 atom stereocenters. The highest BCUT2D eigenvalue weighted by Gasteiger charge is 2.13. The van der Waals surface area contributed by atoms with Crippen LogP contribution in [0.4, 0.5) is 4.39 Å². The van der Waals surface area contributed by atoms with Gasteiger partial charge in [-0.1, -0.05) is 12.1 Å². The van der Waals surface area contributed by atoms with E-state index in [0.717, 1.165) is 12.8 Å². The van der Waals surface area contributed by atoms with Crippen LogP contribution in [0.1, 0.15) is 25.0 Å². The SMILES string of the molecule is O=C(CCc1ccc(-c2ccccc2F)o1)NC[C@H]1CCC=CO1. The first-order chi connectivity index (χ1) is 11.7. The van der Waals surface area contributed by atoms with E-state index < -0.39 is 0 Å². The molecule has 0 saturated carbocycles. The molecule has 4 nitrogen and oxygen atoms in total. The molecule has 1 amide bonds. The first-order valence-corrected chi connectivity index (χ1v) is 8.13. The third kappa shape index (κ3) is 4.25. The Morgan fingerprint density at radius 3 is 2.92 bits per heavy atom. The third-order valence-corrected chi connectivity index (χ3v) is 3.95. The number of ether oxygens (including phenoxy) is 1. The second-order valence-electron chi connectivity index (χ2n) is 5.76. The summed E-state index contributed by atoms with van der Waals surface area (Å²) in [7, 11) is 0. The Bertz CT molecular complexity index is 723. The molecule has 24 heavy (non-hydrogen) atoms. The van der Waals surface area contributed by atoms with E-state index in [-0.39, 0.29) is 17.8 Å². The number of furan rings is 1. The Hall–Kier alpha value is -2.56. The Labute approximate surface area is 140 Å². The Morgan fingerprint density at radius 1 is 1.25 bits per heavy atom. The molecular formula is C19H20FNO3. The number of allylic oxidation sites excluding steroid dienone is 1. The van der Waals surface area contributed by atoms with Gasteiger partial charge < -0.3 is 14.5 Å². The van der Waals surface area contributed by atoms with Crippen LogP contribution in [0.3, 0.4) is 0 Å². The van der Waals surface area contributed by atoms with Crippen molar-refractivity contribution in [3.05, 3.63) is 60.3 Å². The minimum atomic E-state index is -0.322. The van der Waals surface area contributed by atoms with E-state index in [9.17, 15) is 9.18 Å². The lowest BCUT2D eigenvalue weighted by Crippen LogP contribution is -2.33. The number of hydrogen-bond acceptors (Lipinski definition) is 3. The van der Waals surface area contributed by atoms with Crippen molar-refractivity contribution in [1.29, 1.82) is 0 Å². The van der Waals surface area contributed by atoms with Gasteiger partial charge in [-0.3, -0.25) is 4.79 Å². The van der Waals surface area contributed by atoms with Crippen LogP contribution in [0, 0.1) is 5.82 Å². The first kappa shape index (κ1) is 16.3. The van der Waals surface area contributed by atoms with E-state index in [4.69, 9.17) is 9.15 Å². The van der Waals surface area contributed by atoms with Gasteiger partial charge in [-0.2, -0.15) is 0 Å². The molecule has 0 radical (unpaired) electrons. The predicted molar refractivity (Wildman–Crippen MR) is 88.7 cm³/mol. The summed E-state index contributed by atoms with van der Waals surface area (Å²) in [6.07, 6.45) is 6.41. The summed E-state index contributed by atoms with van der Waals surface area (Å²) in [6, 6.07) is 9.98. The fourth-order valence-electron chi connectivity index (χ4n) is 2.61. The van der Waals surface area contributed by atoms with Crippen molar-refractivity contribution >= 4 is 5.91 Å². The minimum absolute atomic E-state index is 0.0444. The van der Waals surface area contributed by atoms with Gasteiger partial charge in [-0.05, 0) is 43.2 Å². The molecule has 1 aliphatic heterocycles. The number of nitrogens with one attached hydrogen (secondary N) is 1. The summed E-state index contributed by atoms with van der Waals surface area (Å²) < 4.78 is 24.8. The lowest BCUT2D eigenvalue weighted by Gasteiger charge is -2.19. The highest BCUT2D eigenvalue weighted by atomic mass is 19.1. The quantitative estimate of drug-likeness (QED) is 0.876. The summed E-state index contributed by atoms with van der Waals surface area (Å²) in [5, 5.41) is 2.87. The largest absolute Gasteiger partial charge is 0.497 e. The Morgan fingerprint density at radius 2 is 2.12 bits per heavy atom. The molecule has 1 aromatic heterocycles. The topological polar surface area (TPSA) is 51.5 Å². The monoisotopic (exact) mass is 329 g/mol. The van der Waals surface area contributed by atoms with E-state index in [1.54, 1.807) is 36.6 Å². The molecule has 0 aliphatic carbocycles.